The van der Waals surface area contributed by atoms with Crippen LogP contribution in [-0.4, -0.2) is 39.8 Å². The molecule has 0 radical (unpaired) electrons. The van der Waals surface area contributed by atoms with Gasteiger partial charge < -0.3 is 10.2 Å². The van der Waals surface area contributed by atoms with Crippen LogP contribution in [-0.2, 0) is 22.4 Å². The van der Waals surface area contributed by atoms with E-state index in [0.717, 1.165) is 49.2 Å². The molecule has 6 heteroatoms. The Bertz CT molecular complexity index is 894. The monoisotopic (exact) mass is 408 g/mol. The van der Waals surface area contributed by atoms with E-state index in [0.29, 0.717) is 24.6 Å². The lowest BCUT2D eigenvalue weighted by atomic mass is 9.92. The number of fused-ring (bicyclic) bond motifs is 1. The highest BCUT2D eigenvalue weighted by Gasteiger charge is 2.22. The van der Waals surface area contributed by atoms with Crippen molar-refractivity contribution in [3.8, 4) is 0 Å². The Balaban J connectivity index is 0.00000111. The Morgan fingerprint density at radius 3 is 2.77 bits per heavy atom. The molecule has 0 spiro atoms. The summed E-state index contributed by atoms with van der Waals surface area (Å²) in [5.41, 5.74) is 3.03. The number of nitrogens with one attached hydrogen (secondary N) is 1. The van der Waals surface area contributed by atoms with Crippen molar-refractivity contribution >= 4 is 23.7 Å². The van der Waals surface area contributed by atoms with Crippen molar-refractivity contribution in [2.24, 2.45) is 5.92 Å². The highest BCUT2D eigenvalue weighted by molar-refractivity contribution is 5.93. The first-order valence-corrected chi connectivity index (χ1v) is 10.8. The summed E-state index contributed by atoms with van der Waals surface area (Å²) >= 11 is 0. The fourth-order valence-electron chi connectivity index (χ4n) is 3.81. The van der Waals surface area contributed by atoms with Gasteiger partial charge in [0.25, 0.3) is 0 Å². The van der Waals surface area contributed by atoms with Gasteiger partial charge in [-0.25, -0.2) is 4.98 Å². The van der Waals surface area contributed by atoms with Crippen molar-refractivity contribution in [1.82, 2.24) is 14.9 Å². The summed E-state index contributed by atoms with van der Waals surface area (Å²) in [5.74, 6) is 1.27. The Hall–Kier alpha value is -3.02. The van der Waals surface area contributed by atoms with E-state index in [9.17, 15) is 9.59 Å². The van der Waals surface area contributed by atoms with Crippen molar-refractivity contribution < 1.29 is 11.0 Å². The molecule has 0 bridgehead atoms. The maximum absolute atomic E-state index is 12.5. The lowest BCUT2D eigenvalue weighted by Crippen LogP contribution is -2.38. The Morgan fingerprint density at radius 2 is 2.03 bits per heavy atom. The molecule has 0 saturated carbocycles. The third-order valence-corrected chi connectivity index (χ3v) is 5.44. The lowest BCUT2D eigenvalue weighted by Gasteiger charge is -2.31. The number of carbonyl (C=O) groups is 2. The molecule has 160 valence electrons. The molecular weight excluding hydrogens is 376 g/mol. The van der Waals surface area contributed by atoms with Crippen LogP contribution < -0.4 is 5.32 Å². The van der Waals surface area contributed by atoms with Gasteiger partial charge in [0.05, 0.1) is 0 Å². The maximum atomic E-state index is 12.5. The second kappa shape index (κ2) is 10.7. The molecule has 6 nitrogen and oxygen atoms in total. The topological polar surface area (TPSA) is 75.2 Å². The number of hydrogen-bond donors (Lipinski definition) is 1. The smallest absolute Gasteiger partial charge is 0.246 e. The summed E-state index contributed by atoms with van der Waals surface area (Å²) < 4.78 is 0. The molecule has 2 aromatic rings. The lowest BCUT2D eigenvalue weighted by molar-refractivity contribution is -0.127. The molecule has 2 aliphatic rings. The minimum absolute atomic E-state index is 0. The van der Waals surface area contributed by atoms with Crippen LogP contribution in [0.5, 0.6) is 0 Å². The number of aryl methyl sites for hydroxylation is 1. The summed E-state index contributed by atoms with van der Waals surface area (Å²) in [6, 6.07) is 8.02. The number of pyridine rings is 2. The molecule has 0 atom stereocenters. The number of nitrogens with zero attached hydrogens (tertiary/aromatic N) is 3. The zero-order valence-corrected chi connectivity index (χ0v) is 17.8. The Labute approximate surface area is 179 Å². The zero-order valence-electron chi connectivity index (χ0n) is 17.8. The largest absolute Gasteiger partial charge is 0.339 e. The molecule has 2 amide bonds. The maximum Gasteiger partial charge on any atom is 0.246 e. The van der Waals surface area contributed by atoms with E-state index >= 15 is 0 Å². The van der Waals surface area contributed by atoms with Gasteiger partial charge in [0.2, 0.25) is 11.8 Å². The minimum Gasteiger partial charge on any atom is -0.339 e. The average molecular weight is 409 g/mol. The average Bonchev–Trinajstić information content (AvgIpc) is 2.80. The number of likely N-dealkylation sites (tertiary alicyclic amines) is 1. The molecule has 30 heavy (non-hydrogen) atoms. The molecule has 4 rings (SSSR count). The molecule has 0 unspecified atom stereocenters. The van der Waals surface area contributed by atoms with Gasteiger partial charge >= 0.3 is 0 Å². The SMILES string of the molecule is CC.O=C1CCc2cc(/C=C/C(=O)N3CCC(Cc4ccccn4)CC3)cnc2N1.[HH]. The standard InChI is InChI=1S/C22H24N4O2.C2H6.H2/c27-20-6-5-18-13-17(15-24-22(18)25-20)4-7-21(28)26-11-8-16(9-12-26)14-19-3-1-2-10-23-19;1-2;/h1-4,7,10,13,15-16H,5-6,8-9,11-12,14H2,(H,24,25,27);1-2H3;1H/b7-4+;;. The van der Waals surface area contributed by atoms with Crippen LogP contribution >= 0.6 is 0 Å². The van der Waals surface area contributed by atoms with Crippen LogP contribution in [0.1, 0.15) is 51.4 Å². The predicted molar refractivity (Wildman–Crippen MR) is 121 cm³/mol. The van der Waals surface area contributed by atoms with Crippen molar-refractivity contribution in [2.75, 3.05) is 18.4 Å². The van der Waals surface area contributed by atoms with Gasteiger partial charge in [-0.2, -0.15) is 0 Å². The van der Waals surface area contributed by atoms with E-state index in [2.05, 4.69) is 21.4 Å². The molecule has 4 heterocycles. The van der Waals surface area contributed by atoms with Gasteiger partial charge in [0.15, 0.2) is 0 Å². The van der Waals surface area contributed by atoms with Crippen LogP contribution in [0.3, 0.4) is 0 Å². The number of piperidine rings is 1. The number of carbonyl (C=O) groups excluding carboxylic acids is 2. The van der Waals surface area contributed by atoms with Crippen LogP contribution in [0, 0.1) is 5.92 Å². The molecule has 0 aromatic carbocycles. The highest BCUT2D eigenvalue weighted by atomic mass is 16.2. The highest BCUT2D eigenvalue weighted by Crippen LogP contribution is 2.23. The number of amides is 2. The van der Waals surface area contributed by atoms with Crippen molar-refractivity contribution in [1.29, 1.82) is 0 Å². The van der Waals surface area contributed by atoms with Crippen LogP contribution in [0.2, 0.25) is 0 Å². The van der Waals surface area contributed by atoms with Crippen LogP contribution in [0.4, 0.5) is 5.82 Å². The van der Waals surface area contributed by atoms with Gasteiger partial charge in [-0.3, -0.25) is 14.6 Å². The van der Waals surface area contributed by atoms with Gasteiger partial charge in [0, 0.05) is 45.1 Å². The fourth-order valence-corrected chi connectivity index (χ4v) is 3.81. The van der Waals surface area contributed by atoms with Gasteiger partial charge in [-0.05, 0) is 67.0 Å². The van der Waals surface area contributed by atoms with Crippen molar-refractivity contribution in [3.63, 3.8) is 0 Å². The Kier molecular flexibility index (Phi) is 7.71. The summed E-state index contributed by atoms with van der Waals surface area (Å²) in [7, 11) is 0. The number of anilines is 1. The third-order valence-electron chi connectivity index (χ3n) is 5.44. The quantitative estimate of drug-likeness (QED) is 0.772. The summed E-state index contributed by atoms with van der Waals surface area (Å²) in [6.45, 7) is 5.57. The number of rotatable bonds is 4. The van der Waals surface area contributed by atoms with Gasteiger partial charge in [-0.15, -0.1) is 0 Å². The molecular formula is C24H32N4O2. The van der Waals surface area contributed by atoms with Crippen molar-refractivity contribution in [2.45, 2.75) is 46.0 Å². The summed E-state index contributed by atoms with van der Waals surface area (Å²) in [6.07, 6.45) is 11.1. The number of aromatic nitrogens is 2. The van der Waals surface area contributed by atoms with Crippen LogP contribution in [0.25, 0.3) is 6.08 Å². The molecule has 1 N–H and O–H groups in total. The van der Waals surface area contributed by atoms with Crippen LogP contribution in [0.15, 0.2) is 42.7 Å². The first-order valence-electron chi connectivity index (χ1n) is 10.8. The van der Waals surface area contributed by atoms with E-state index in [1.807, 2.05) is 49.2 Å². The molecule has 1 saturated heterocycles. The van der Waals surface area contributed by atoms with E-state index in [4.69, 9.17) is 0 Å². The summed E-state index contributed by atoms with van der Waals surface area (Å²) in [4.78, 5) is 34.5. The first-order chi connectivity index (χ1) is 14.7. The van der Waals surface area contributed by atoms with E-state index in [-0.39, 0.29) is 13.2 Å². The molecule has 0 aliphatic carbocycles. The van der Waals surface area contributed by atoms with Crippen molar-refractivity contribution in [3.05, 3.63) is 59.6 Å². The predicted octanol–water partition coefficient (Wildman–Crippen LogP) is 4.13. The second-order valence-corrected chi connectivity index (χ2v) is 7.45. The molecule has 2 aromatic heterocycles. The number of hydrogen-bond acceptors (Lipinski definition) is 4. The Morgan fingerprint density at radius 1 is 1.23 bits per heavy atom. The zero-order chi connectivity index (χ0) is 21.3. The van der Waals surface area contributed by atoms with Gasteiger partial charge in [0.1, 0.15) is 5.82 Å². The third kappa shape index (κ3) is 5.75. The summed E-state index contributed by atoms with van der Waals surface area (Å²) in [5, 5.41) is 2.77. The van der Waals surface area contributed by atoms with Gasteiger partial charge in [-0.1, -0.05) is 19.9 Å². The van der Waals surface area contributed by atoms with E-state index < -0.39 is 0 Å². The second-order valence-electron chi connectivity index (χ2n) is 7.45. The van der Waals surface area contributed by atoms with E-state index in [1.54, 1.807) is 12.3 Å². The first kappa shape index (κ1) is 21.7. The van der Waals surface area contributed by atoms with E-state index in [1.165, 1.54) is 0 Å². The molecule has 2 aliphatic heterocycles. The molecule has 1 fully saturated rings. The fraction of sp³-hybridized carbons (Fsp3) is 0.417. The normalized spacial score (nSPS) is 16.5. The minimum atomic E-state index is 0.